The van der Waals surface area contributed by atoms with E-state index >= 15 is 0 Å². The van der Waals surface area contributed by atoms with Crippen molar-refractivity contribution >= 4 is 28.9 Å². The highest BCUT2D eigenvalue weighted by Crippen LogP contribution is 2.30. The van der Waals surface area contributed by atoms with E-state index < -0.39 is 9.85 Å². The number of hydrogen-bond donors (Lipinski definition) is 1. The lowest BCUT2D eigenvalue weighted by molar-refractivity contribution is -0.402. The summed E-state index contributed by atoms with van der Waals surface area (Å²) in [4.78, 5) is 20.1. The predicted molar refractivity (Wildman–Crippen MR) is 75.5 cm³/mol. The average molecular weight is 312 g/mol. The first kappa shape index (κ1) is 14.8. The number of benzene rings is 1. The molecule has 0 saturated carbocycles. The van der Waals surface area contributed by atoms with E-state index in [1.54, 1.807) is 6.92 Å². The van der Waals surface area contributed by atoms with Gasteiger partial charge in [-0.3, -0.25) is 20.2 Å². The molecule has 0 aliphatic rings. The van der Waals surface area contributed by atoms with E-state index in [1.165, 1.54) is 24.3 Å². The number of nitrogens with zero attached hydrogens (tertiary/aromatic N) is 2. The van der Waals surface area contributed by atoms with E-state index in [0.717, 1.165) is 0 Å². The lowest BCUT2D eigenvalue weighted by Crippen LogP contribution is -2.01. The normalized spacial score (nSPS) is 10.4. The van der Waals surface area contributed by atoms with Crippen LogP contribution in [0.2, 0.25) is 5.02 Å². The molecule has 0 spiro atoms. The Morgan fingerprint density at radius 2 is 1.95 bits per heavy atom. The molecular weight excluding hydrogens is 302 g/mol. The molecular formula is C12H10ClN3O5. The number of nitrogens with one attached hydrogen (secondary N) is 1. The minimum atomic E-state index is -0.627. The van der Waals surface area contributed by atoms with Crippen molar-refractivity contribution in [1.82, 2.24) is 0 Å². The fourth-order valence-electron chi connectivity index (χ4n) is 1.74. The summed E-state index contributed by atoms with van der Waals surface area (Å²) in [6.07, 6.45) is 0. The number of rotatable bonds is 5. The highest BCUT2D eigenvalue weighted by atomic mass is 35.5. The maximum absolute atomic E-state index is 10.8. The summed E-state index contributed by atoms with van der Waals surface area (Å²) in [5.41, 5.74) is 1.05. The Labute approximate surface area is 123 Å². The highest BCUT2D eigenvalue weighted by molar-refractivity contribution is 6.33. The van der Waals surface area contributed by atoms with Gasteiger partial charge in [-0.2, -0.15) is 0 Å². The van der Waals surface area contributed by atoms with Crippen LogP contribution in [0, 0.1) is 27.2 Å². The molecule has 8 nitrogen and oxygen atoms in total. The van der Waals surface area contributed by atoms with E-state index in [9.17, 15) is 20.2 Å². The molecule has 1 aromatic heterocycles. The largest absolute Gasteiger partial charge is 0.433 e. The van der Waals surface area contributed by atoms with E-state index in [0.29, 0.717) is 17.0 Å². The van der Waals surface area contributed by atoms with Gasteiger partial charge in [-0.05, 0) is 24.6 Å². The SMILES string of the molecule is Cc1cc([N+](=O)[O-])c(Cl)cc1NCc1ccc([N+](=O)[O-])o1. The molecule has 9 heteroatoms. The van der Waals surface area contributed by atoms with Crippen molar-refractivity contribution in [3.8, 4) is 0 Å². The molecule has 0 aliphatic carbocycles. The molecule has 0 atom stereocenters. The van der Waals surface area contributed by atoms with Crippen LogP contribution >= 0.6 is 11.6 Å². The van der Waals surface area contributed by atoms with Gasteiger partial charge in [0.25, 0.3) is 5.69 Å². The molecule has 0 bridgehead atoms. The van der Waals surface area contributed by atoms with Crippen LogP contribution in [-0.4, -0.2) is 9.85 Å². The third kappa shape index (κ3) is 3.29. The van der Waals surface area contributed by atoms with Gasteiger partial charge in [0.2, 0.25) is 0 Å². The first-order valence-electron chi connectivity index (χ1n) is 5.80. The fourth-order valence-corrected chi connectivity index (χ4v) is 1.97. The second kappa shape index (κ2) is 5.80. The van der Waals surface area contributed by atoms with Crippen LogP contribution in [0.25, 0.3) is 0 Å². The van der Waals surface area contributed by atoms with Crippen LogP contribution < -0.4 is 5.32 Å². The van der Waals surface area contributed by atoms with E-state index in [2.05, 4.69) is 5.32 Å². The molecule has 1 heterocycles. The number of hydrogen-bond acceptors (Lipinski definition) is 6. The highest BCUT2D eigenvalue weighted by Gasteiger charge is 2.16. The van der Waals surface area contributed by atoms with Crippen molar-refractivity contribution in [2.45, 2.75) is 13.5 Å². The second-order valence-electron chi connectivity index (χ2n) is 4.23. The summed E-state index contributed by atoms with van der Waals surface area (Å²) in [6, 6.07) is 5.53. The van der Waals surface area contributed by atoms with Gasteiger partial charge >= 0.3 is 5.88 Å². The Morgan fingerprint density at radius 3 is 2.52 bits per heavy atom. The fraction of sp³-hybridized carbons (Fsp3) is 0.167. The summed E-state index contributed by atoms with van der Waals surface area (Å²) in [5, 5.41) is 24.2. The van der Waals surface area contributed by atoms with Crippen molar-refractivity contribution in [3.63, 3.8) is 0 Å². The predicted octanol–water partition coefficient (Wildman–Crippen LogP) is 3.67. The molecule has 0 fully saturated rings. The van der Waals surface area contributed by atoms with Gasteiger partial charge in [0.15, 0.2) is 0 Å². The van der Waals surface area contributed by atoms with Gasteiger partial charge in [-0.1, -0.05) is 11.6 Å². The zero-order valence-electron chi connectivity index (χ0n) is 10.8. The Kier molecular flexibility index (Phi) is 4.08. The van der Waals surface area contributed by atoms with Crippen LogP contribution in [0.1, 0.15) is 11.3 Å². The quantitative estimate of drug-likeness (QED) is 0.666. The van der Waals surface area contributed by atoms with E-state index in [1.807, 2.05) is 0 Å². The van der Waals surface area contributed by atoms with Gasteiger partial charge in [0, 0.05) is 11.8 Å². The van der Waals surface area contributed by atoms with Crippen molar-refractivity contribution in [2.24, 2.45) is 0 Å². The maximum Gasteiger partial charge on any atom is 0.433 e. The van der Waals surface area contributed by atoms with Gasteiger partial charge < -0.3 is 9.73 Å². The number of halogens is 1. The first-order valence-corrected chi connectivity index (χ1v) is 6.18. The van der Waals surface area contributed by atoms with Crippen LogP contribution in [0.4, 0.5) is 17.3 Å². The van der Waals surface area contributed by atoms with Crippen LogP contribution in [0.3, 0.4) is 0 Å². The van der Waals surface area contributed by atoms with Crippen molar-refractivity contribution in [1.29, 1.82) is 0 Å². The molecule has 110 valence electrons. The number of aryl methyl sites for hydroxylation is 1. The number of nitro groups is 2. The standard InChI is InChI=1S/C12H10ClN3O5/c1-7-4-11(15(17)18)9(13)5-10(7)14-6-8-2-3-12(21-8)16(19)20/h2-5,14H,6H2,1H3. The minimum Gasteiger partial charge on any atom is -0.404 e. The van der Waals surface area contributed by atoms with E-state index in [-0.39, 0.29) is 23.1 Å². The van der Waals surface area contributed by atoms with Gasteiger partial charge in [0.05, 0.1) is 17.5 Å². The molecule has 21 heavy (non-hydrogen) atoms. The Morgan fingerprint density at radius 1 is 1.24 bits per heavy atom. The molecule has 2 rings (SSSR count). The third-order valence-electron chi connectivity index (χ3n) is 2.77. The molecule has 0 aliphatic heterocycles. The lowest BCUT2D eigenvalue weighted by Gasteiger charge is -2.08. The minimum absolute atomic E-state index is 0.0125. The van der Waals surface area contributed by atoms with Gasteiger partial charge in [-0.25, -0.2) is 0 Å². The number of nitro benzene ring substituents is 1. The summed E-state index contributed by atoms with van der Waals surface area (Å²) in [5.74, 6) is 0.0285. The second-order valence-corrected chi connectivity index (χ2v) is 4.63. The van der Waals surface area contributed by atoms with Crippen LogP contribution in [-0.2, 0) is 6.54 Å². The Bertz CT molecular complexity index is 713. The molecule has 1 N–H and O–H groups in total. The first-order chi connectivity index (χ1) is 9.88. The molecule has 0 radical (unpaired) electrons. The maximum atomic E-state index is 10.8. The molecule has 1 aromatic carbocycles. The lowest BCUT2D eigenvalue weighted by atomic mass is 10.1. The van der Waals surface area contributed by atoms with Crippen LogP contribution in [0.5, 0.6) is 0 Å². The summed E-state index contributed by atoms with van der Waals surface area (Å²) in [6.45, 7) is 1.89. The number of furan rings is 1. The van der Waals surface area contributed by atoms with Crippen molar-refractivity contribution < 1.29 is 14.3 Å². The Balaban J connectivity index is 2.14. The van der Waals surface area contributed by atoms with Crippen LogP contribution in [0.15, 0.2) is 28.7 Å². The van der Waals surface area contributed by atoms with E-state index in [4.69, 9.17) is 16.0 Å². The zero-order valence-corrected chi connectivity index (χ0v) is 11.6. The summed E-state index contributed by atoms with van der Waals surface area (Å²) < 4.78 is 5.00. The molecule has 0 unspecified atom stereocenters. The zero-order chi connectivity index (χ0) is 15.6. The van der Waals surface area contributed by atoms with Gasteiger partial charge in [0.1, 0.15) is 15.7 Å². The molecule has 0 amide bonds. The average Bonchev–Trinajstić information content (AvgIpc) is 2.88. The summed E-state index contributed by atoms with van der Waals surface area (Å²) >= 11 is 5.83. The smallest absolute Gasteiger partial charge is 0.404 e. The number of anilines is 1. The Hall–Kier alpha value is -2.61. The van der Waals surface area contributed by atoms with Crippen molar-refractivity contribution in [3.05, 3.63) is 60.8 Å². The molecule has 2 aromatic rings. The van der Waals surface area contributed by atoms with Gasteiger partial charge in [-0.15, -0.1) is 0 Å². The van der Waals surface area contributed by atoms with Crippen molar-refractivity contribution in [2.75, 3.05) is 5.32 Å². The monoisotopic (exact) mass is 311 g/mol. The topological polar surface area (TPSA) is 111 Å². The third-order valence-corrected chi connectivity index (χ3v) is 3.07. The summed E-state index contributed by atoms with van der Waals surface area (Å²) in [7, 11) is 0. The molecule has 0 saturated heterocycles.